The van der Waals surface area contributed by atoms with E-state index in [1.807, 2.05) is 6.92 Å². The van der Waals surface area contributed by atoms with Crippen molar-refractivity contribution in [3.05, 3.63) is 24.3 Å². The first-order valence-corrected chi connectivity index (χ1v) is 10.6. The molecule has 0 atom stereocenters. The summed E-state index contributed by atoms with van der Waals surface area (Å²) in [6, 6.07) is 6.37. The van der Waals surface area contributed by atoms with Gasteiger partial charge in [0.25, 0.3) is 0 Å². The van der Waals surface area contributed by atoms with Crippen LogP contribution < -0.4 is 5.32 Å². The lowest BCUT2D eigenvalue weighted by Crippen LogP contribution is -2.48. The van der Waals surface area contributed by atoms with Gasteiger partial charge in [0, 0.05) is 51.5 Å². The predicted molar refractivity (Wildman–Crippen MR) is 102 cm³/mol. The first kappa shape index (κ1) is 20.8. The van der Waals surface area contributed by atoms with Crippen molar-refractivity contribution in [2.45, 2.75) is 31.6 Å². The van der Waals surface area contributed by atoms with Gasteiger partial charge in [-0.2, -0.15) is 4.31 Å². The summed E-state index contributed by atoms with van der Waals surface area (Å²) in [5.41, 5.74) is 0.598. The first-order valence-electron chi connectivity index (χ1n) is 9.17. The van der Waals surface area contributed by atoms with Crippen molar-refractivity contribution >= 4 is 21.6 Å². The zero-order chi connectivity index (χ0) is 19.0. The van der Waals surface area contributed by atoms with Crippen LogP contribution in [0.3, 0.4) is 0 Å². The molecule has 0 bridgehead atoms. The van der Waals surface area contributed by atoms with Gasteiger partial charge in [-0.3, -0.25) is 4.79 Å². The van der Waals surface area contributed by atoms with Gasteiger partial charge in [-0.1, -0.05) is 6.92 Å². The number of likely N-dealkylation sites (N-methyl/N-ethyl adjacent to an activating group) is 1. The number of anilines is 1. The van der Waals surface area contributed by atoms with Crippen molar-refractivity contribution in [3.8, 4) is 0 Å². The van der Waals surface area contributed by atoms with E-state index in [1.54, 1.807) is 24.3 Å². The summed E-state index contributed by atoms with van der Waals surface area (Å²) in [6.07, 6.45) is 1.04. The van der Waals surface area contributed by atoms with Crippen molar-refractivity contribution in [1.82, 2.24) is 9.21 Å². The molecule has 1 amide bonds. The van der Waals surface area contributed by atoms with E-state index < -0.39 is 10.0 Å². The van der Waals surface area contributed by atoms with Crippen LogP contribution in [0.2, 0.25) is 0 Å². The van der Waals surface area contributed by atoms with Gasteiger partial charge in [0.1, 0.15) is 0 Å². The number of rotatable bonds is 9. The summed E-state index contributed by atoms with van der Waals surface area (Å²) in [7, 11) is -3.48. The second-order valence-electron chi connectivity index (χ2n) is 6.21. The second-order valence-corrected chi connectivity index (χ2v) is 8.15. The second kappa shape index (κ2) is 10.0. The minimum Gasteiger partial charge on any atom is -0.382 e. The summed E-state index contributed by atoms with van der Waals surface area (Å²) < 4.78 is 32.2. The van der Waals surface area contributed by atoms with Crippen LogP contribution in [0.4, 0.5) is 5.69 Å². The van der Waals surface area contributed by atoms with Gasteiger partial charge >= 0.3 is 0 Å². The summed E-state index contributed by atoms with van der Waals surface area (Å²) in [5.74, 6) is -0.101. The number of nitrogens with one attached hydrogen (secondary N) is 1. The minimum absolute atomic E-state index is 0.101. The number of hydrogen-bond donors (Lipinski definition) is 1. The molecule has 0 aromatic heterocycles. The van der Waals surface area contributed by atoms with Gasteiger partial charge in [0.2, 0.25) is 15.9 Å². The maximum Gasteiger partial charge on any atom is 0.243 e. The van der Waals surface area contributed by atoms with E-state index in [-0.39, 0.29) is 10.8 Å². The molecule has 1 fully saturated rings. The molecule has 7 nitrogen and oxygen atoms in total. The average molecular weight is 384 g/mol. The smallest absolute Gasteiger partial charge is 0.243 e. The average Bonchev–Trinajstić information content (AvgIpc) is 2.66. The van der Waals surface area contributed by atoms with Crippen molar-refractivity contribution in [2.75, 3.05) is 51.3 Å². The van der Waals surface area contributed by atoms with Crippen molar-refractivity contribution in [1.29, 1.82) is 0 Å². The number of benzene rings is 1. The monoisotopic (exact) mass is 383 g/mol. The highest BCUT2D eigenvalue weighted by molar-refractivity contribution is 7.89. The molecule has 0 saturated carbocycles. The lowest BCUT2D eigenvalue weighted by molar-refractivity contribution is -0.116. The Morgan fingerprint density at radius 2 is 1.77 bits per heavy atom. The largest absolute Gasteiger partial charge is 0.382 e. The number of piperazine rings is 1. The third-order valence-corrected chi connectivity index (χ3v) is 6.36. The summed E-state index contributed by atoms with van der Waals surface area (Å²) in [6.45, 7) is 8.66. The van der Waals surface area contributed by atoms with Crippen LogP contribution in [0.15, 0.2) is 29.2 Å². The molecule has 1 aromatic carbocycles. The van der Waals surface area contributed by atoms with Crippen LogP contribution >= 0.6 is 0 Å². The fraction of sp³-hybridized carbons (Fsp3) is 0.611. The molecular weight excluding hydrogens is 354 g/mol. The van der Waals surface area contributed by atoms with Crippen LogP contribution in [0.5, 0.6) is 0 Å². The highest BCUT2D eigenvalue weighted by atomic mass is 32.2. The molecule has 0 radical (unpaired) electrons. The van der Waals surface area contributed by atoms with Crippen LogP contribution in [0.25, 0.3) is 0 Å². The van der Waals surface area contributed by atoms with Gasteiger partial charge < -0.3 is 15.0 Å². The van der Waals surface area contributed by atoms with Crippen molar-refractivity contribution in [3.63, 3.8) is 0 Å². The molecule has 1 N–H and O–H groups in total. The van der Waals surface area contributed by atoms with Crippen molar-refractivity contribution < 1.29 is 17.9 Å². The van der Waals surface area contributed by atoms with Crippen molar-refractivity contribution in [2.24, 2.45) is 0 Å². The molecule has 1 saturated heterocycles. The summed E-state index contributed by atoms with van der Waals surface area (Å²) >= 11 is 0. The Morgan fingerprint density at radius 1 is 1.12 bits per heavy atom. The van der Waals surface area contributed by atoms with E-state index in [0.29, 0.717) is 44.8 Å². The number of nitrogens with zero attached hydrogens (tertiary/aromatic N) is 2. The maximum absolute atomic E-state index is 12.7. The third-order valence-electron chi connectivity index (χ3n) is 4.45. The van der Waals surface area contributed by atoms with E-state index in [9.17, 15) is 13.2 Å². The minimum atomic E-state index is -3.48. The molecule has 8 heteroatoms. The quantitative estimate of drug-likeness (QED) is 0.658. The molecule has 2 rings (SSSR count). The predicted octanol–water partition coefficient (Wildman–Crippen LogP) is 1.77. The Labute approximate surface area is 156 Å². The Kier molecular flexibility index (Phi) is 8.02. The van der Waals surface area contributed by atoms with Gasteiger partial charge in [-0.25, -0.2) is 8.42 Å². The SMILES string of the molecule is CCOCCCC(=O)Nc1ccc(S(=O)(=O)N2CCN(CC)CC2)cc1. The highest BCUT2D eigenvalue weighted by Gasteiger charge is 2.27. The number of ether oxygens (including phenoxy) is 1. The van der Waals surface area contributed by atoms with Crippen LogP contribution in [0.1, 0.15) is 26.7 Å². The molecule has 146 valence electrons. The Bertz CT molecular complexity index is 668. The van der Waals surface area contributed by atoms with E-state index in [4.69, 9.17) is 4.74 Å². The fourth-order valence-corrected chi connectivity index (χ4v) is 4.27. The lowest BCUT2D eigenvalue weighted by atomic mass is 10.2. The molecule has 0 spiro atoms. The fourth-order valence-electron chi connectivity index (χ4n) is 2.85. The number of carbonyl (C=O) groups is 1. The normalized spacial score (nSPS) is 16.5. The van der Waals surface area contributed by atoms with Crippen LogP contribution in [0, 0.1) is 0 Å². The summed E-state index contributed by atoms with van der Waals surface area (Å²) in [5, 5.41) is 2.78. The third kappa shape index (κ3) is 5.77. The molecular formula is C18H29N3O4S. The van der Waals surface area contributed by atoms with Crippen LogP contribution in [-0.4, -0.2) is 69.5 Å². The van der Waals surface area contributed by atoms with E-state index in [0.717, 1.165) is 19.6 Å². The zero-order valence-electron chi connectivity index (χ0n) is 15.6. The zero-order valence-corrected chi connectivity index (χ0v) is 16.4. The van der Waals surface area contributed by atoms with Gasteiger partial charge in [0.05, 0.1) is 4.90 Å². The Balaban J connectivity index is 1.90. The highest BCUT2D eigenvalue weighted by Crippen LogP contribution is 2.20. The standard InChI is InChI=1S/C18H29N3O4S/c1-3-20-11-13-21(14-12-20)26(23,24)17-9-7-16(8-10-17)19-18(22)6-5-15-25-4-2/h7-10H,3-6,11-15H2,1-2H3,(H,19,22). The molecule has 1 aliphatic rings. The van der Waals surface area contributed by atoms with Gasteiger partial charge in [-0.05, 0) is 44.2 Å². The molecule has 1 heterocycles. The molecule has 1 aliphatic heterocycles. The van der Waals surface area contributed by atoms with Gasteiger partial charge in [0.15, 0.2) is 0 Å². The molecule has 26 heavy (non-hydrogen) atoms. The topological polar surface area (TPSA) is 78.9 Å². The first-order chi connectivity index (χ1) is 12.5. The number of amides is 1. The Hall–Kier alpha value is -1.48. The molecule has 0 unspecified atom stereocenters. The number of sulfonamides is 1. The maximum atomic E-state index is 12.7. The molecule has 1 aromatic rings. The number of hydrogen-bond acceptors (Lipinski definition) is 5. The lowest BCUT2D eigenvalue weighted by Gasteiger charge is -2.33. The number of carbonyl (C=O) groups excluding carboxylic acids is 1. The summed E-state index contributed by atoms with van der Waals surface area (Å²) in [4.78, 5) is 14.4. The van der Waals surface area contributed by atoms with Crippen LogP contribution in [-0.2, 0) is 19.6 Å². The Morgan fingerprint density at radius 3 is 2.35 bits per heavy atom. The van der Waals surface area contributed by atoms with Gasteiger partial charge in [-0.15, -0.1) is 0 Å². The molecule has 0 aliphatic carbocycles. The van der Waals surface area contributed by atoms with E-state index in [1.165, 1.54) is 4.31 Å². The van der Waals surface area contributed by atoms with E-state index in [2.05, 4.69) is 17.1 Å². The van der Waals surface area contributed by atoms with E-state index >= 15 is 0 Å².